The zero-order chi connectivity index (χ0) is 17.8. The van der Waals surface area contributed by atoms with Crippen molar-refractivity contribution < 1.29 is 15.0 Å². The van der Waals surface area contributed by atoms with Gasteiger partial charge in [0.15, 0.2) is 0 Å². The third kappa shape index (κ3) is 4.00. The number of hydrogen-bond acceptors (Lipinski definition) is 4. The number of nitrogens with one attached hydrogen (secondary N) is 1. The summed E-state index contributed by atoms with van der Waals surface area (Å²) in [4.78, 5) is 12.1. The molecule has 0 saturated carbocycles. The molecule has 0 spiro atoms. The topological polar surface area (TPSA) is 86.9 Å². The molecule has 0 atom stereocenters. The minimum absolute atomic E-state index is 0.0541. The van der Waals surface area contributed by atoms with Crippen LogP contribution in [0.1, 0.15) is 16.1 Å². The largest absolute Gasteiger partial charge is 0.508 e. The SMILES string of the molecule is O=C(N/N=C\c1cccn1-c1ccc(O)cc1)c1ccc(I)c(O)c1. The second-order valence-electron chi connectivity index (χ2n) is 5.18. The fourth-order valence-electron chi connectivity index (χ4n) is 2.22. The van der Waals surface area contributed by atoms with E-state index in [-0.39, 0.29) is 11.5 Å². The van der Waals surface area contributed by atoms with Gasteiger partial charge in [0.2, 0.25) is 0 Å². The number of halogens is 1. The van der Waals surface area contributed by atoms with Gasteiger partial charge in [-0.1, -0.05) is 0 Å². The number of nitrogens with zero attached hydrogens (tertiary/aromatic N) is 2. The first-order chi connectivity index (χ1) is 12.0. The Morgan fingerprint density at radius 1 is 1.12 bits per heavy atom. The Hall–Kier alpha value is -2.81. The Morgan fingerprint density at radius 3 is 2.60 bits per heavy atom. The number of rotatable bonds is 4. The predicted octanol–water partition coefficient (Wildman–Crippen LogP) is 3.26. The molecule has 0 radical (unpaired) electrons. The number of amides is 1. The standard InChI is InChI=1S/C18H14IN3O3/c19-16-8-3-12(10-17(16)24)18(25)21-20-11-14-2-1-9-22(14)13-4-6-15(23)7-5-13/h1-11,23-24H,(H,21,25)/b20-11-. The number of carbonyl (C=O) groups is 1. The Labute approximate surface area is 157 Å². The van der Waals surface area contributed by atoms with Crippen LogP contribution >= 0.6 is 22.6 Å². The Bertz CT molecular complexity index is 933. The number of phenols is 2. The number of hydrogen-bond donors (Lipinski definition) is 3. The highest BCUT2D eigenvalue weighted by molar-refractivity contribution is 14.1. The lowest BCUT2D eigenvalue weighted by Gasteiger charge is -2.06. The van der Waals surface area contributed by atoms with Crippen LogP contribution in [0.3, 0.4) is 0 Å². The van der Waals surface area contributed by atoms with Gasteiger partial charge in [-0.05, 0) is 77.2 Å². The fourth-order valence-corrected chi connectivity index (χ4v) is 2.56. The van der Waals surface area contributed by atoms with Gasteiger partial charge in [-0.3, -0.25) is 4.79 Å². The van der Waals surface area contributed by atoms with Crippen LogP contribution < -0.4 is 5.43 Å². The summed E-state index contributed by atoms with van der Waals surface area (Å²) >= 11 is 1.98. The van der Waals surface area contributed by atoms with E-state index in [0.29, 0.717) is 9.13 Å². The van der Waals surface area contributed by atoms with Crippen molar-refractivity contribution in [3.05, 3.63) is 75.6 Å². The molecule has 6 nitrogen and oxygen atoms in total. The van der Waals surface area contributed by atoms with Crippen LogP contribution in [0.5, 0.6) is 11.5 Å². The summed E-state index contributed by atoms with van der Waals surface area (Å²) in [6.45, 7) is 0. The van der Waals surface area contributed by atoms with Crippen molar-refractivity contribution in [2.24, 2.45) is 5.10 Å². The summed E-state index contributed by atoms with van der Waals surface area (Å²) < 4.78 is 2.54. The van der Waals surface area contributed by atoms with Crippen molar-refractivity contribution in [3.8, 4) is 17.2 Å². The lowest BCUT2D eigenvalue weighted by molar-refractivity contribution is 0.0954. The van der Waals surface area contributed by atoms with Crippen molar-refractivity contribution in [1.82, 2.24) is 9.99 Å². The molecule has 126 valence electrons. The molecule has 0 aliphatic rings. The molecule has 0 saturated heterocycles. The number of carbonyl (C=O) groups excluding carboxylic acids is 1. The lowest BCUT2D eigenvalue weighted by atomic mass is 10.2. The van der Waals surface area contributed by atoms with Crippen LogP contribution in [0, 0.1) is 3.57 Å². The molecule has 0 fully saturated rings. The first kappa shape index (κ1) is 17.0. The third-order valence-electron chi connectivity index (χ3n) is 3.48. The summed E-state index contributed by atoms with van der Waals surface area (Å²) in [6, 6.07) is 15.1. The maximum Gasteiger partial charge on any atom is 0.271 e. The molecule has 1 amide bonds. The Morgan fingerprint density at radius 2 is 1.88 bits per heavy atom. The van der Waals surface area contributed by atoms with Crippen LogP contribution in [0.2, 0.25) is 0 Å². The summed E-state index contributed by atoms with van der Waals surface area (Å²) in [5.41, 5.74) is 4.38. The lowest BCUT2D eigenvalue weighted by Crippen LogP contribution is -2.17. The first-order valence-corrected chi connectivity index (χ1v) is 8.41. The average Bonchev–Trinajstić information content (AvgIpc) is 3.06. The maximum absolute atomic E-state index is 12.1. The summed E-state index contributed by atoms with van der Waals surface area (Å²) in [5, 5.41) is 23.0. The van der Waals surface area contributed by atoms with Crippen LogP contribution in [0.4, 0.5) is 0 Å². The van der Waals surface area contributed by atoms with Crippen molar-refractivity contribution in [2.45, 2.75) is 0 Å². The zero-order valence-electron chi connectivity index (χ0n) is 12.9. The van der Waals surface area contributed by atoms with E-state index in [1.807, 2.05) is 45.5 Å². The molecule has 0 aliphatic carbocycles. The van der Waals surface area contributed by atoms with Gasteiger partial charge in [-0.2, -0.15) is 5.10 Å². The van der Waals surface area contributed by atoms with Crippen molar-refractivity contribution >= 4 is 34.7 Å². The van der Waals surface area contributed by atoms with E-state index < -0.39 is 5.91 Å². The number of aromatic hydroxyl groups is 2. The molecular weight excluding hydrogens is 433 g/mol. The van der Waals surface area contributed by atoms with Gasteiger partial charge in [0.25, 0.3) is 5.91 Å². The molecule has 0 bridgehead atoms. The molecule has 1 heterocycles. The van der Waals surface area contributed by atoms with Crippen molar-refractivity contribution in [2.75, 3.05) is 0 Å². The molecule has 0 unspecified atom stereocenters. The van der Waals surface area contributed by atoms with Gasteiger partial charge in [0.1, 0.15) is 11.5 Å². The highest BCUT2D eigenvalue weighted by Crippen LogP contribution is 2.20. The van der Waals surface area contributed by atoms with E-state index in [0.717, 1.165) is 11.4 Å². The van der Waals surface area contributed by atoms with Gasteiger partial charge in [0, 0.05) is 17.4 Å². The highest BCUT2D eigenvalue weighted by atomic mass is 127. The summed E-state index contributed by atoms with van der Waals surface area (Å²) in [7, 11) is 0. The molecule has 3 rings (SSSR count). The zero-order valence-corrected chi connectivity index (χ0v) is 15.1. The number of aromatic nitrogens is 1. The van der Waals surface area contributed by atoms with E-state index in [4.69, 9.17) is 0 Å². The molecule has 7 heteroatoms. The van der Waals surface area contributed by atoms with Gasteiger partial charge in [-0.25, -0.2) is 5.43 Å². The van der Waals surface area contributed by atoms with Gasteiger partial charge in [0.05, 0.1) is 15.5 Å². The van der Waals surface area contributed by atoms with Crippen LogP contribution in [-0.4, -0.2) is 26.9 Å². The van der Waals surface area contributed by atoms with E-state index in [9.17, 15) is 15.0 Å². The van der Waals surface area contributed by atoms with Gasteiger partial charge in [-0.15, -0.1) is 0 Å². The minimum atomic E-state index is -0.411. The van der Waals surface area contributed by atoms with E-state index >= 15 is 0 Å². The maximum atomic E-state index is 12.1. The summed E-state index contributed by atoms with van der Waals surface area (Å²) in [6.07, 6.45) is 3.38. The molecule has 25 heavy (non-hydrogen) atoms. The van der Waals surface area contributed by atoms with Crippen LogP contribution in [-0.2, 0) is 0 Å². The predicted molar refractivity (Wildman–Crippen MR) is 103 cm³/mol. The monoisotopic (exact) mass is 447 g/mol. The van der Waals surface area contributed by atoms with E-state index in [2.05, 4.69) is 10.5 Å². The number of phenolic OH excluding ortho intramolecular Hbond substituents is 2. The molecule has 1 aromatic heterocycles. The molecule has 3 N–H and O–H groups in total. The van der Waals surface area contributed by atoms with Gasteiger partial charge < -0.3 is 14.8 Å². The van der Waals surface area contributed by atoms with Crippen molar-refractivity contribution in [3.63, 3.8) is 0 Å². The smallest absolute Gasteiger partial charge is 0.271 e. The van der Waals surface area contributed by atoms with Crippen LogP contribution in [0.15, 0.2) is 65.9 Å². The van der Waals surface area contributed by atoms with E-state index in [1.165, 1.54) is 12.3 Å². The number of benzene rings is 2. The number of hydrazone groups is 1. The molecule has 0 aliphatic heterocycles. The highest BCUT2D eigenvalue weighted by Gasteiger charge is 2.07. The fraction of sp³-hybridized carbons (Fsp3) is 0. The normalized spacial score (nSPS) is 10.9. The first-order valence-electron chi connectivity index (χ1n) is 7.33. The molecule has 3 aromatic rings. The van der Waals surface area contributed by atoms with Crippen LogP contribution in [0.25, 0.3) is 5.69 Å². The second-order valence-corrected chi connectivity index (χ2v) is 6.35. The Balaban J connectivity index is 1.73. The average molecular weight is 447 g/mol. The summed E-state index contributed by atoms with van der Waals surface area (Å²) in [5.74, 6) is -0.164. The van der Waals surface area contributed by atoms with Gasteiger partial charge >= 0.3 is 0 Å². The quantitative estimate of drug-likeness (QED) is 0.326. The Kier molecular flexibility index (Phi) is 5.03. The van der Waals surface area contributed by atoms with Crippen molar-refractivity contribution in [1.29, 1.82) is 0 Å². The second kappa shape index (κ2) is 7.39. The minimum Gasteiger partial charge on any atom is -0.508 e. The molecular formula is C18H14IN3O3. The van der Waals surface area contributed by atoms with E-state index in [1.54, 1.807) is 36.4 Å². The third-order valence-corrected chi connectivity index (χ3v) is 4.39. The molecule has 2 aromatic carbocycles.